The van der Waals surface area contributed by atoms with Gasteiger partial charge in [0.1, 0.15) is 23.1 Å². The van der Waals surface area contributed by atoms with Crippen LogP contribution in [0.15, 0.2) is 41.8 Å². The third kappa shape index (κ3) is 3.34. The molecule has 0 radical (unpaired) electrons. The fourth-order valence-electron chi connectivity index (χ4n) is 2.18. The van der Waals surface area contributed by atoms with E-state index in [4.69, 9.17) is 5.11 Å². The van der Waals surface area contributed by atoms with Crippen LogP contribution in [-0.4, -0.2) is 27.4 Å². The molecule has 2 N–H and O–H groups in total. The summed E-state index contributed by atoms with van der Waals surface area (Å²) in [6.07, 6.45) is 0. The second-order valence-electron chi connectivity index (χ2n) is 4.92. The predicted molar refractivity (Wildman–Crippen MR) is 86.9 cm³/mol. The van der Waals surface area contributed by atoms with E-state index in [9.17, 15) is 13.6 Å². The number of aliphatic hydroxyl groups is 1. The molecule has 8 heteroatoms. The lowest BCUT2D eigenvalue weighted by molar-refractivity contribution is 0.102. The summed E-state index contributed by atoms with van der Waals surface area (Å²) in [5.41, 5.74) is 0.360. The number of aliphatic hydroxyl groups excluding tert-OH is 1. The summed E-state index contributed by atoms with van der Waals surface area (Å²) in [6, 6.07) is 8.13. The number of halogens is 2. The van der Waals surface area contributed by atoms with Crippen LogP contribution in [0, 0.1) is 11.6 Å². The summed E-state index contributed by atoms with van der Waals surface area (Å²) < 4.78 is 28.1. The molecule has 2 aromatic heterocycles. The van der Waals surface area contributed by atoms with E-state index in [0.29, 0.717) is 17.6 Å². The van der Waals surface area contributed by atoms with Crippen molar-refractivity contribution in [3.63, 3.8) is 0 Å². The summed E-state index contributed by atoms with van der Waals surface area (Å²) in [4.78, 5) is 13.1. The number of rotatable bonds is 5. The van der Waals surface area contributed by atoms with Gasteiger partial charge in [0.15, 0.2) is 0 Å². The molecule has 0 aliphatic heterocycles. The van der Waals surface area contributed by atoms with E-state index in [2.05, 4.69) is 10.4 Å². The lowest BCUT2D eigenvalue weighted by Gasteiger charge is -2.08. The van der Waals surface area contributed by atoms with Crippen LogP contribution in [0.1, 0.15) is 10.4 Å². The molecule has 0 saturated carbocycles. The predicted octanol–water partition coefficient (Wildman–Crippen LogP) is 3.13. The molecule has 0 spiro atoms. The fourth-order valence-corrected chi connectivity index (χ4v) is 2.87. The summed E-state index contributed by atoms with van der Waals surface area (Å²) in [7, 11) is 0. The zero-order valence-electron chi connectivity index (χ0n) is 12.4. The van der Waals surface area contributed by atoms with Crippen molar-refractivity contribution >= 4 is 23.1 Å². The van der Waals surface area contributed by atoms with Crippen molar-refractivity contribution in [2.45, 2.75) is 6.54 Å². The molecule has 0 aliphatic rings. The Morgan fingerprint density at radius 1 is 1.29 bits per heavy atom. The van der Waals surface area contributed by atoms with Gasteiger partial charge in [-0.15, -0.1) is 11.3 Å². The first-order valence-corrected chi connectivity index (χ1v) is 7.95. The van der Waals surface area contributed by atoms with E-state index in [0.717, 1.165) is 17.0 Å². The SMILES string of the molecule is O=C(Nc1cc(-c2cccs2)nn1CCO)c1ccc(F)cc1F. The summed E-state index contributed by atoms with van der Waals surface area (Å²) in [5.74, 6) is -2.10. The highest BCUT2D eigenvalue weighted by molar-refractivity contribution is 7.13. The first-order chi connectivity index (χ1) is 11.6. The number of nitrogens with one attached hydrogen (secondary N) is 1. The highest BCUT2D eigenvalue weighted by atomic mass is 32.1. The standard InChI is InChI=1S/C16H13F2N3O2S/c17-10-3-4-11(12(18)8-10)16(23)19-15-9-13(14-2-1-7-24-14)20-21(15)5-6-22/h1-4,7-9,22H,5-6H2,(H,19,23). The quantitative estimate of drug-likeness (QED) is 0.744. The minimum atomic E-state index is -0.945. The monoisotopic (exact) mass is 349 g/mol. The van der Waals surface area contributed by atoms with E-state index in [1.54, 1.807) is 6.07 Å². The van der Waals surface area contributed by atoms with Gasteiger partial charge < -0.3 is 10.4 Å². The Bertz CT molecular complexity index is 862. The molecular weight excluding hydrogens is 336 g/mol. The molecule has 3 aromatic rings. The highest BCUT2D eigenvalue weighted by Crippen LogP contribution is 2.26. The highest BCUT2D eigenvalue weighted by Gasteiger charge is 2.16. The number of aromatic nitrogens is 2. The average Bonchev–Trinajstić information content (AvgIpc) is 3.18. The Morgan fingerprint density at radius 2 is 2.12 bits per heavy atom. The lowest BCUT2D eigenvalue weighted by Crippen LogP contribution is -2.18. The van der Waals surface area contributed by atoms with Crippen molar-refractivity contribution in [2.24, 2.45) is 0 Å². The van der Waals surface area contributed by atoms with E-state index in [1.165, 1.54) is 16.0 Å². The number of carbonyl (C=O) groups is 1. The smallest absolute Gasteiger partial charge is 0.259 e. The number of hydrogen-bond acceptors (Lipinski definition) is 4. The molecule has 0 atom stereocenters. The molecule has 3 rings (SSSR count). The van der Waals surface area contributed by atoms with Gasteiger partial charge in [-0.1, -0.05) is 6.07 Å². The van der Waals surface area contributed by atoms with Crippen LogP contribution in [0.4, 0.5) is 14.6 Å². The van der Waals surface area contributed by atoms with E-state index < -0.39 is 17.5 Å². The van der Waals surface area contributed by atoms with Crippen LogP contribution in [0.3, 0.4) is 0 Å². The van der Waals surface area contributed by atoms with E-state index in [1.807, 2.05) is 17.5 Å². The molecule has 1 amide bonds. The molecule has 0 unspecified atom stereocenters. The first kappa shape index (κ1) is 16.3. The molecule has 0 bridgehead atoms. The Morgan fingerprint density at radius 3 is 2.79 bits per heavy atom. The number of thiophene rings is 1. The van der Waals surface area contributed by atoms with Gasteiger partial charge >= 0.3 is 0 Å². The van der Waals surface area contributed by atoms with Crippen LogP contribution in [0.25, 0.3) is 10.6 Å². The number of benzene rings is 1. The molecule has 5 nitrogen and oxygen atoms in total. The Balaban J connectivity index is 1.89. The third-order valence-corrected chi connectivity index (χ3v) is 4.18. The van der Waals surface area contributed by atoms with Gasteiger partial charge in [-0.25, -0.2) is 13.5 Å². The second-order valence-corrected chi connectivity index (χ2v) is 5.86. The van der Waals surface area contributed by atoms with Crippen molar-refractivity contribution in [3.8, 4) is 10.6 Å². The minimum Gasteiger partial charge on any atom is -0.394 e. The van der Waals surface area contributed by atoms with Gasteiger partial charge in [-0.05, 0) is 23.6 Å². The Kier molecular flexibility index (Phi) is 4.68. The second kappa shape index (κ2) is 6.90. The zero-order valence-corrected chi connectivity index (χ0v) is 13.2. The van der Waals surface area contributed by atoms with Crippen molar-refractivity contribution in [1.82, 2.24) is 9.78 Å². The van der Waals surface area contributed by atoms with E-state index >= 15 is 0 Å². The van der Waals surface area contributed by atoms with Crippen molar-refractivity contribution < 1.29 is 18.7 Å². The lowest BCUT2D eigenvalue weighted by atomic mass is 10.2. The van der Waals surface area contributed by atoms with Crippen LogP contribution < -0.4 is 5.32 Å². The number of amides is 1. The number of carbonyl (C=O) groups excluding carboxylic acids is 1. The maximum absolute atomic E-state index is 13.7. The Hall–Kier alpha value is -2.58. The molecule has 0 aliphatic carbocycles. The molecule has 2 heterocycles. The van der Waals surface area contributed by atoms with Gasteiger partial charge in [0.05, 0.1) is 23.6 Å². The van der Waals surface area contributed by atoms with Crippen molar-refractivity contribution in [3.05, 3.63) is 59.0 Å². The number of anilines is 1. The number of hydrogen-bond donors (Lipinski definition) is 2. The first-order valence-electron chi connectivity index (χ1n) is 7.07. The summed E-state index contributed by atoms with van der Waals surface area (Å²) in [5, 5.41) is 17.9. The zero-order chi connectivity index (χ0) is 17.1. The van der Waals surface area contributed by atoms with Crippen LogP contribution >= 0.6 is 11.3 Å². The van der Waals surface area contributed by atoms with Crippen LogP contribution in [0.5, 0.6) is 0 Å². The maximum Gasteiger partial charge on any atom is 0.259 e. The minimum absolute atomic E-state index is 0.167. The fraction of sp³-hybridized carbons (Fsp3) is 0.125. The number of nitrogens with zero attached hydrogens (tertiary/aromatic N) is 2. The van der Waals surface area contributed by atoms with Crippen LogP contribution in [-0.2, 0) is 6.54 Å². The molecule has 0 fully saturated rings. The average molecular weight is 349 g/mol. The normalized spacial score (nSPS) is 10.8. The van der Waals surface area contributed by atoms with Crippen molar-refractivity contribution in [2.75, 3.05) is 11.9 Å². The van der Waals surface area contributed by atoms with Gasteiger partial charge in [-0.3, -0.25) is 4.79 Å². The molecule has 24 heavy (non-hydrogen) atoms. The van der Waals surface area contributed by atoms with E-state index in [-0.39, 0.29) is 18.7 Å². The largest absolute Gasteiger partial charge is 0.394 e. The Labute approximate surface area is 140 Å². The molecule has 1 aromatic carbocycles. The van der Waals surface area contributed by atoms with Gasteiger partial charge in [0.25, 0.3) is 5.91 Å². The molecule has 124 valence electrons. The third-order valence-electron chi connectivity index (χ3n) is 3.28. The molecule has 0 saturated heterocycles. The maximum atomic E-state index is 13.7. The van der Waals surface area contributed by atoms with Crippen LogP contribution in [0.2, 0.25) is 0 Å². The van der Waals surface area contributed by atoms with Gasteiger partial charge in [-0.2, -0.15) is 5.10 Å². The molecular formula is C16H13F2N3O2S. The summed E-state index contributed by atoms with van der Waals surface area (Å²) in [6.45, 7) is 0.00618. The summed E-state index contributed by atoms with van der Waals surface area (Å²) >= 11 is 1.48. The van der Waals surface area contributed by atoms with Crippen molar-refractivity contribution in [1.29, 1.82) is 0 Å². The van der Waals surface area contributed by atoms with Gasteiger partial charge in [0.2, 0.25) is 0 Å². The van der Waals surface area contributed by atoms with Gasteiger partial charge in [0, 0.05) is 12.1 Å². The topological polar surface area (TPSA) is 67.2 Å².